The SMILES string of the molecule is CCc1nc(Cl)c(C)c(-c2cccc3nccn23)n1. The Kier molecular flexibility index (Phi) is 2.95. The van der Waals surface area contributed by atoms with Crippen LogP contribution in [0.15, 0.2) is 30.6 Å². The second-order valence-electron chi connectivity index (χ2n) is 4.32. The first-order valence-electron chi connectivity index (χ1n) is 6.16. The van der Waals surface area contributed by atoms with E-state index in [1.807, 2.05) is 42.6 Å². The molecule has 3 aromatic rings. The number of pyridine rings is 1. The van der Waals surface area contributed by atoms with Gasteiger partial charge in [-0.05, 0) is 19.1 Å². The number of hydrogen-bond acceptors (Lipinski definition) is 3. The van der Waals surface area contributed by atoms with Gasteiger partial charge in [-0.25, -0.2) is 15.0 Å². The first kappa shape index (κ1) is 12.1. The number of aromatic nitrogens is 4. The van der Waals surface area contributed by atoms with Crippen molar-refractivity contribution in [2.45, 2.75) is 20.3 Å². The van der Waals surface area contributed by atoms with Crippen LogP contribution in [0.4, 0.5) is 0 Å². The molecule has 0 atom stereocenters. The van der Waals surface area contributed by atoms with Gasteiger partial charge >= 0.3 is 0 Å². The van der Waals surface area contributed by atoms with Crippen molar-refractivity contribution >= 4 is 17.2 Å². The van der Waals surface area contributed by atoms with Crippen LogP contribution in [-0.2, 0) is 6.42 Å². The zero-order valence-electron chi connectivity index (χ0n) is 10.8. The summed E-state index contributed by atoms with van der Waals surface area (Å²) in [5, 5.41) is 0.513. The fourth-order valence-corrected chi connectivity index (χ4v) is 2.27. The Hall–Kier alpha value is -1.94. The van der Waals surface area contributed by atoms with Crippen molar-refractivity contribution in [3.8, 4) is 11.4 Å². The molecular weight excluding hydrogens is 260 g/mol. The van der Waals surface area contributed by atoms with Crippen LogP contribution < -0.4 is 0 Å². The van der Waals surface area contributed by atoms with Gasteiger partial charge in [-0.15, -0.1) is 0 Å². The topological polar surface area (TPSA) is 43.1 Å². The summed E-state index contributed by atoms with van der Waals surface area (Å²) in [6.07, 6.45) is 4.45. The van der Waals surface area contributed by atoms with Crippen LogP contribution >= 0.6 is 11.6 Å². The van der Waals surface area contributed by atoms with Gasteiger partial charge < -0.3 is 0 Å². The predicted octanol–water partition coefficient (Wildman–Crippen LogP) is 3.32. The summed E-state index contributed by atoms with van der Waals surface area (Å²) in [4.78, 5) is 13.2. The minimum absolute atomic E-state index is 0.513. The highest BCUT2D eigenvalue weighted by Crippen LogP contribution is 2.26. The molecule has 0 unspecified atom stereocenters. The first-order chi connectivity index (χ1) is 9.20. The molecular formula is C14H13ClN4. The van der Waals surface area contributed by atoms with Crippen molar-refractivity contribution in [1.29, 1.82) is 0 Å². The van der Waals surface area contributed by atoms with E-state index in [9.17, 15) is 0 Å². The highest BCUT2D eigenvalue weighted by atomic mass is 35.5. The fraction of sp³-hybridized carbons (Fsp3) is 0.214. The van der Waals surface area contributed by atoms with Gasteiger partial charge in [0.15, 0.2) is 0 Å². The summed E-state index contributed by atoms with van der Waals surface area (Å²) in [5.41, 5.74) is 3.62. The number of rotatable bonds is 2. The molecule has 19 heavy (non-hydrogen) atoms. The predicted molar refractivity (Wildman–Crippen MR) is 75.3 cm³/mol. The van der Waals surface area contributed by atoms with E-state index in [2.05, 4.69) is 15.0 Å². The van der Waals surface area contributed by atoms with Crippen LogP contribution in [0.25, 0.3) is 17.0 Å². The molecule has 3 heterocycles. The number of aryl methyl sites for hydroxylation is 1. The second-order valence-corrected chi connectivity index (χ2v) is 4.68. The van der Waals surface area contributed by atoms with Crippen LogP contribution in [-0.4, -0.2) is 19.4 Å². The van der Waals surface area contributed by atoms with Gasteiger partial charge in [-0.2, -0.15) is 0 Å². The van der Waals surface area contributed by atoms with Crippen LogP contribution in [0.3, 0.4) is 0 Å². The molecule has 3 aromatic heterocycles. The van der Waals surface area contributed by atoms with Crippen molar-refractivity contribution in [2.24, 2.45) is 0 Å². The van der Waals surface area contributed by atoms with E-state index in [0.717, 1.165) is 34.8 Å². The lowest BCUT2D eigenvalue weighted by molar-refractivity contribution is 0.929. The molecule has 0 aromatic carbocycles. The third kappa shape index (κ3) is 1.98. The summed E-state index contributed by atoms with van der Waals surface area (Å²) >= 11 is 6.20. The molecule has 0 radical (unpaired) electrons. The van der Waals surface area contributed by atoms with Gasteiger partial charge in [0, 0.05) is 24.4 Å². The summed E-state index contributed by atoms with van der Waals surface area (Å²) in [6, 6.07) is 5.95. The van der Waals surface area contributed by atoms with Gasteiger partial charge in [0.05, 0.1) is 11.4 Å². The molecule has 96 valence electrons. The lowest BCUT2D eigenvalue weighted by Crippen LogP contribution is -2.02. The lowest BCUT2D eigenvalue weighted by Gasteiger charge is -2.10. The molecule has 0 aliphatic carbocycles. The highest BCUT2D eigenvalue weighted by molar-refractivity contribution is 6.30. The Balaban J connectivity index is 2.32. The fourth-order valence-electron chi connectivity index (χ4n) is 2.08. The van der Waals surface area contributed by atoms with Crippen molar-refractivity contribution < 1.29 is 0 Å². The van der Waals surface area contributed by atoms with Crippen molar-refractivity contribution in [1.82, 2.24) is 19.4 Å². The van der Waals surface area contributed by atoms with Gasteiger partial charge in [0.2, 0.25) is 0 Å². The number of nitrogens with zero attached hydrogens (tertiary/aromatic N) is 4. The second kappa shape index (κ2) is 4.63. The molecule has 0 saturated carbocycles. The third-order valence-electron chi connectivity index (χ3n) is 3.12. The maximum absolute atomic E-state index is 6.20. The largest absolute Gasteiger partial charge is 0.298 e. The maximum atomic E-state index is 6.20. The van der Waals surface area contributed by atoms with Gasteiger partial charge in [0.1, 0.15) is 16.6 Å². The van der Waals surface area contributed by atoms with E-state index < -0.39 is 0 Å². The standard InChI is InChI=1S/C14H13ClN4/c1-3-11-17-13(9(2)14(15)18-11)10-5-4-6-12-16-7-8-19(10)12/h4-8H,3H2,1-2H3. The Morgan fingerprint density at radius 3 is 2.89 bits per heavy atom. The Morgan fingerprint density at radius 1 is 1.26 bits per heavy atom. The number of imidazole rings is 1. The highest BCUT2D eigenvalue weighted by Gasteiger charge is 2.13. The molecule has 0 bridgehead atoms. The number of hydrogen-bond donors (Lipinski definition) is 0. The van der Waals surface area contributed by atoms with E-state index in [1.54, 1.807) is 6.20 Å². The summed E-state index contributed by atoms with van der Waals surface area (Å²) in [6.45, 7) is 3.95. The summed E-state index contributed by atoms with van der Waals surface area (Å²) in [5.74, 6) is 0.753. The molecule has 0 spiro atoms. The Bertz CT molecular complexity index is 748. The van der Waals surface area contributed by atoms with Crippen molar-refractivity contribution in [3.05, 3.63) is 47.1 Å². The first-order valence-corrected chi connectivity index (χ1v) is 6.54. The normalized spacial score (nSPS) is 11.1. The number of fused-ring (bicyclic) bond motifs is 1. The number of halogens is 1. The van der Waals surface area contributed by atoms with Crippen LogP contribution in [0.5, 0.6) is 0 Å². The van der Waals surface area contributed by atoms with Crippen LogP contribution in [0.1, 0.15) is 18.3 Å². The molecule has 3 rings (SSSR count). The van der Waals surface area contributed by atoms with E-state index in [0.29, 0.717) is 5.15 Å². The van der Waals surface area contributed by atoms with E-state index >= 15 is 0 Å². The molecule has 0 aliphatic heterocycles. The average Bonchev–Trinajstić information content (AvgIpc) is 2.90. The molecule has 0 N–H and O–H groups in total. The molecule has 0 saturated heterocycles. The lowest BCUT2D eigenvalue weighted by atomic mass is 10.1. The van der Waals surface area contributed by atoms with Gasteiger partial charge in [-0.3, -0.25) is 4.40 Å². The quantitative estimate of drug-likeness (QED) is 0.672. The summed E-state index contributed by atoms with van der Waals surface area (Å²) < 4.78 is 2.01. The minimum Gasteiger partial charge on any atom is -0.298 e. The maximum Gasteiger partial charge on any atom is 0.137 e. The summed E-state index contributed by atoms with van der Waals surface area (Å²) in [7, 11) is 0. The Morgan fingerprint density at radius 2 is 2.11 bits per heavy atom. The molecule has 0 fully saturated rings. The monoisotopic (exact) mass is 272 g/mol. The molecule has 0 aliphatic rings. The van der Waals surface area contributed by atoms with E-state index in [-0.39, 0.29) is 0 Å². The van der Waals surface area contributed by atoms with Gasteiger partial charge in [-0.1, -0.05) is 24.6 Å². The molecule has 5 heteroatoms. The van der Waals surface area contributed by atoms with Crippen molar-refractivity contribution in [2.75, 3.05) is 0 Å². The third-order valence-corrected chi connectivity index (χ3v) is 3.49. The smallest absolute Gasteiger partial charge is 0.137 e. The Labute approximate surface area is 116 Å². The van der Waals surface area contributed by atoms with Crippen LogP contribution in [0.2, 0.25) is 5.15 Å². The van der Waals surface area contributed by atoms with Crippen molar-refractivity contribution in [3.63, 3.8) is 0 Å². The molecule has 4 nitrogen and oxygen atoms in total. The molecule has 0 amide bonds. The van der Waals surface area contributed by atoms with E-state index in [4.69, 9.17) is 11.6 Å². The zero-order chi connectivity index (χ0) is 13.4. The van der Waals surface area contributed by atoms with E-state index in [1.165, 1.54) is 0 Å². The minimum atomic E-state index is 0.513. The average molecular weight is 273 g/mol. The van der Waals surface area contributed by atoms with Gasteiger partial charge in [0.25, 0.3) is 0 Å². The van der Waals surface area contributed by atoms with Crippen LogP contribution in [0, 0.1) is 6.92 Å². The zero-order valence-corrected chi connectivity index (χ0v) is 11.5.